The lowest BCUT2D eigenvalue weighted by Crippen LogP contribution is -2.05. The molecule has 108 valence electrons. The molecule has 0 spiro atoms. The summed E-state index contributed by atoms with van der Waals surface area (Å²) in [5.74, 6) is 0.799. The summed E-state index contributed by atoms with van der Waals surface area (Å²) < 4.78 is 17.0. The summed E-state index contributed by atoms with van der Waals surface area (Å²) in [6.45, 7) is 10.3. The van der Waals surface area contributed by atoms with Crippen LogP contribution in [0.15, 0.2) is 6.07 Å². The van der Waals surface area contributed by atoms with Crippen LogP contribution < -0.4 is 4.52 Å². The van der Waals surface area contributed by atoms with Gasteiger partial charge in [-0.3, -0.25) is 9.05 Å². The quantitative estimate of drug-likeness (QED) is 0.718. The molecule has 5 heteroatoms. The molecule has 0 bridgehead atoms. The Balaban J connectivity index is 3.17. The monoisotopic (exact) mass is 302 g/mol. The molecule has 3 nitrogen and oxygen atoms in total. The number of hydrogen-bond acceptors (Lipinski definition) is 4. The Morgan fingerprint density at radius 2 is 1.47 bits per heavy atom. The van der Waals surface area contributed by atoms with Crippen LogP contribution in [0, 0.1) is 27.7 Å². The van der Waals surface area contributed by atoms with Crippen LogP contribution >= 0.6 is 6.72 Å². The van der Waals surface area contributed by atoms with Crippen molar-refractivity contribution in [2.75, 3.05) is 13.2 Å². The first-order valence-corrected chi connectivity index (χ1v) is 9.06. The van der Waals surface area contributed by atoms with E-state index in [1.54, 1.807) is 0 Å². The smallest absolute Gasteiger partial charge is 0.380 e. The third-order valence-corrected chi connectivity index (χ3v) is 5.47. The van der Waals surface area contributed by atoms with Gasteiger partial charge in [0.25, 0.3) is 0 Å². The molecule has 0 radical (unpaired) electrons. The van der Waals surface area contributed by atoms with Crippen molar-refractivity contribution < 1.29 is 13.6 Å². The summed E-state index contributed by atoms with van der Waals surface area (Å²) in [7, 11) is 0. The van der Waals surface area contributed by atoms with Crippen molar-refractivity contribution in [2.24, 2.45) is 0 Å². The van der Waals surface area contributed by atoms with Crippen LogP contribution in [0.5, 0.6) is 5.75 Å². The van der Waals surface area contributed by atoms with Crippen molar-refractivity contribution in [1.29, 1.82) is 0 Å². The molecule has 19 heavy (non-hydrogen) atoms. The van der Waals surface area contributed by atoms with Crippen LogP contribution in [-0.4, -0.2) is 13.2 Å². The molecule has 0 N–H and O–H groups in total. The molecule has 1 rings (SSSR count). The van der Waals surface area contributed by atoms with Gasteiger partial charge in [0.15, 0.2) is 0 Å². The average molecular weight is 302 g/mol. The molecule has 0 aliphatic carbocycles. The fourth-order valence-corrected chi connectivity index (χ4v) is 4.09. The summed E-state index contributed by atoms with van der Waals surface area (Å²) in [5, 5.41) is 0. The summed E-state index contributed by atoms with van der Waals surface area (Å²) >= 11 is 5.42. The van der Waals surface area contributed by atoms with Gasteiger partial charge in [0.2, 0.25) is 0 Å². The molecule has 0 saturated carbocycles. The fraction of sp³-hybridized carbons (Fsp3) is 0.571. The van der Waals surface area contributed by atoms with Crippen LogP contribution in [0.3, 0.4) is 0 Å². The number of benzene rings is 1. The van der Waals surface area contributed by atoms with Crippen molar-refractivity contribution >= 4 is 18.5 Å². The van der Waals surface area contributed by atoms with E-state index in [1.807, 2.05) is 27.7 Å². The number of aryl methyl sites for hydroxylation is 2. The van der Waals surface area contributed by atoms with Gasteiger partial charge in [0, 0.05) is 11.8 Å². The highest BCUT2D eigenvalue weighted by atomic mass is 32.5. The standard InChI is InChI=1S/C14H23O3PS/c1-7-15-18(19,16-8-2)17-14-11(4)9-10(3)12(5)13(14)6/h9H,7-8H2,1-6H3. The van der Waals surface area contributed by atoms with E-state index in [0.717, 1.165) is 16.9 Å². The molecular formula is C14H23O3PS. The van der Waals surface area contributed by atoms with E-state index in [1.165, 1.54) is 11.1 Å². The zero-order chi connectivity index (χ0) is 14.6. The Labute approximate surface area is 121 Å². The predicted octanol–water partition coefficient (Wildman–Crippen LogP) is 4.60. The van der Waals surface area contributed by atoms with Gasteiger partial charge in [-0.15, -0.1) is 0 Å². The van der Waals surface area contributed by atoms with Crippen molar-refractivity contribution in [1.82, 2.24) is 0 Å². The largest absolute Gasteiger partial charge is 0.424 e. The Kier molecular flexibility index (Phi) is 6.00. The Hall–Kier alpha value is -0.410. The van der Waals surface area contributed by atoms with Gasteiger partial charge < -0.3 is 4.52 Å². The molecule has 0 atom stereocenters. The number of rotatable bonds is 6. The second kappa shape index (κ2) is 6.85. The van der Waals surface area contributed by atoms with Crippen LogP contribution in [-0.2, 0) is 20.9 Å². The van der Waals surface area contributed by atoms with Crippen molar-refractivity contribution in [3.05, 3.63) is 28.3 Å². The van der Waals surface area contributed by atoms with Crippen LogP contribution in [0.4, 0.5) is 0 Å². The molecule has 0 aliphatic rings. The fourth-order valence-electron chi connectivity index (χ4n) is 1.92. The van der Waals surface area contributed by atoms with E-state index < -0.39 is 6.72 Å². The lowest BCUT2D eigenvalue weighted by molar-refractivity contribution is 0.217. The zero-order valence-corrected chi connectivity index (χ0v) is 14.3. The lowest BCUT2D eigenvalue weighted by atomic mass is 10.00. The first-order valence-electron chi connectivity index (χ1n) is 6.50. The van der Waals surface area contributed by atoms with Crippen molar-refractivity contribution in [2.45, 2.75) is 41.5 Å². The van der Waals surface area contributed by atoms with Crippen molar-refractivity contribution in [3.8, 4) is 5.75 Å². The third-order valence-electron chi connectivity index (χ3n) is 3.06. The molecule has 1 aromatic rings. The summed E-state index contributed by atoms with van der Waals surface area (Å²) in [6.07, 6.45) is 0. The Bertz CT molecular complexity index is 490. The lowest BCUT2D eigenvalue weighted by Gasteiger charge is -2.24. The summed E-state index contributed by atoms with van der Waals surface area (Å²) in [5.41, 5.74) is 4.64. The average Bonchev–Trinajstić information content (AvgIpc) is 2.33. The minimum absolute atomic E-state index is 0.486. The molecule has 0 heterocycles. The molecule has 0 unspecified atom stereocenters. The third kappa shape index (κ3) is 4.03. The first kappa shape index (κ1) is 16.6. The van der Waals surface area contributed by atoms with Crippen LogP contribution in [0.2, 0.25) is 0 Å². The van der Waals surface area contributed by atoms with E-state index in [9.17, 15) is 0 Å². The van der Waals surface area contributed by atoms with Gasteiger partial charge in [-0.2, -0.15) is 0 Å². The maximum Gasteiger partial charge on any atom is 0.380 e. The predicted molar refractivity (Wildman–Crippen MR) is 83.6 cm³/mol. The summed E-state index contributed by atoms with van der Waals surface area (Å²) in [4.78, 5) is 0. The normalized spacial score (nSPS) is 11.7. The highest BCUT2D eigenvalue weighted by Gasteiger charge is 2.23. The van der Waals surface area contributed by atoms with E-state index in [2.05, 4.69) is 19.9 Å². The van der Waals surface area contributed by atoms with Gasteiger partial charge in [-0.05, 0) is 63.8 Å². The summed E-state index contributed by atoms with van der Waals surface area (Å²) in [6, 6.07) is 2.11. The maximum absolute atomic E-state index is 5.96. The highest BCUT2D eigenvalue weighted by Crippen LogP contribution is 2.51. The molecule has 0 amide bonds. The molecular weight excluding hydrogens is 279 g/mol. The van der Waals surface area contributed by atoms with E-state index >= 15 is 0 Å². The van der Waals surface area contributed by atoms with Crippen LogP contribution in [0.1, 0.15) is 36.1 Å². The second-order valence-corrected chi connectivity index (χ2v) is 7.40. The van der Waals surface area contributed by atoms with Gasteiger partial charge in [-0.1, -0.05) is 6.07 Å². The minimum atomic E-state index is -2.70. The van der Waals surface area contributed by atoms with Gasteiger partial charge in [0.1, 0.15) is 5.75 Å². The van der Waals surface area contributed by atoms with E-state index in [-0.39, 0.29) is 0 Å². The molecule has 1 aromatic carbocycles. The minimum Gasteiger partial charge on any atom is -0.424 e. The Morgan fingerprint density at radius 3 is 1.95 bits per heavy atom. The van der Waals surface area contributed by atoms with E-state index in [0.29, 0.717) is 13.2 Å². The maximum atomic E-state index is 5.96. The first-order chi connectivity index (χ1) is 8.84. The molecule has 0 fully saturated rings. The SMILES string of the molecule is CCOP(=S)(OCC)Oc1c(C)cc(C)c(C)c1C. The molecule has 0 aromatic heterocycles. The van der Waals surface area contributed by atoms with Gasteiger partial charge >= 0.3 is 6.72 Å². The van der Waals surface area contributed by atoms with Crippen molar-refractivity contribution in [3.63, 3.8) is 0 Å². The molecule has 0 saturated heterocycles. The highest BCUT2D eigenvalue weighted by molar-refractivity contribution is 8.07. The van der Waals surface area contributed by atoms with Gasteiger partial charge in [-0.25, -0.2) is 0 Å². The topological polar surface area (TPSA) is 27.7 Å². The number of hydrogen-bond donors (Lipinski definition) is 0. The van der Waals surface area contributed by atoms with Gasteiger partial charge in [0.05, 0.1) is 13.2 Å². The molecule has 0 aliphatic heterocycles. The van der Waals surface area contributed by atoms with Crippen LogP contribution in [0.25, 0.3) is 0 Å². The second-order valence-electron chi connectivity index (χ2n) is 4.46. The van der Waals surface area contributed by atoms with E-state index in [4.69, 9.17) is 25.4 Å². The Morgan fingerprint density at radius 1 is 0.947 bits per heavy atom. The zero-order valence-electron chi connectivity index (χ0n) is 12.6.